The highest BCUT2D eigenvalue weighted by Crippen LogP contribution is 2.25. The molecule has 164 valence electrons. The van der Waals surface area contributed by atoms with Gasteiger partial charge in [-0.05, 0) is 42.1 Å². The van der Waals surface area contributed by atoms with Gasteiger partial charge in [-0.1, -0.05) is 78.9 Å². The van der Waals surface area contributed by atoms with Gasteiger partial charge in [-0.25, -0.2) is 0 Å². The third kappa shape index (κ3) is 5.65. The van der Waals surface area contributed by atoms with Crippen molar-refractivity contribution in [3.8, 4) is 0 Å². The van der Waals surface area contributed by atoms with Crippen molar-refractivity contribution in [1.29, 1.82) is 0 Å². The number of aryl methyl sites for hydroxylation is 1. The first-order valence-electron chi connectivity index (χ1n) is 11.2. The van der Waals surface area contributed by atoms with Gasteiger partial charge < -0.3 is 9.72 Å². The second kappa shape index (κ2) is 10.8. The summed E-state index contributed by atoms with van der Waals surface area (Å²) in [6.45, 7) is 2.80. The van der Waals surface area contributed by atoms with E-state index in [0.717, 1.165) is 43.7 Å². The summed E-state index contributed by atoms with van der Waals surface area (Å²) in [5, 5.41) is 1.20. The van der Waals surface area contributed by atoms with E-state index in [-0.39, 0.29) is 12.4 Å². The first-order valence-corrected chi connectivity index (χ1v) is 11.2. The highest BCUT2D eigenvalue weighted by Gasteiger charge is 2.15. The lowest BCUT2D eigenvalue weighted by atomic mass is 10.0. The van der Waals surface area contributed by atoms with E-state index in [4.69, 9.17) is 4.74 Å². The highest BCUT2D eigenvalue weighted by atomic mass is 16.5. The summed E-state index contributed by atoms with van der Waals surface area (Å²) < 4.78 is 4.91. The molecule has 4 rings (SSSR count). The number of H-pyrrole nitrogens is 1. The van der Waals surface area contributed by atoms with Gasteiger partial charge in [0.2, 0.25) is 0 Å². The number of fused-ring (bicyclic) bond motifs is 1. The molecule has 0 spiro atoms. The van der Waals surface area contributed by atoms with Crippen LogP contribution in [0.4, 0.5) is 0 Å². The van der Waals surface area contributed by atoms with E-state index in [9.17, 15) is 4.79 Å². The summed E-state index contributed by atoms with van der Waals surface area (Å²) in [4.78, 5) is 17.9. The number of carbonyl (C=O) groups excluding carboxylic acids is 1. The standard InChI is InChI=1S/C28H30N2O2/c1-32-28(31)19-27-25(24-15-8-9-17-26(24)29-27)16-10-18-30(20-22-11-4-2-5-12-22)21-23-13-6-3-7-14-23/h2-9,11-15,17,29H,10,16,18-21H2,1H3. The van der Waals surface area contributed by atoms with Crippen LogP contribution in [0.1, 0.15) is 28.8 Å². The van der Waals surface area contributed by atoms with Gasteiger partial charge in [-0.15, -0.1) is 0 Å². The molecular weight excluding hydrogens is 396 g/mol. The summed E-state index contributed by atoms with van der Waals surface area (Å²) in [5.74, 6) is -0.215. The molecule has 4 aromatic rings. The Bertz CT molecular complexity index is 1090. The molecule has 0 aliphatic carbocycles. The maximum absolute atomic E-state index is 11.9. The topological polar surface area (TPSA) is 45.3 Å². The zero-order chi connectivity index (χ0) is 22.2. The van der Waals surface area contributed by atoms with Gasteiger partial charge in [-0.3, -0.25) is 9.69 Å². The predicted molar refractivity (Wildman–Crippen MR) is 129 cm³/mol. The summed E-state index contributed by atoms with van der Waals surface area (Å²) in [5.41, 5.74) is 5.91. The predicted octanol–water partition coefficient (Wildman–Crippen LogP) is 5.52. The number of carbonyl (C=O) groups is 1. The van der Waals surface area contributed by atoms with Crippen LogP contribution in [0, 0.1) is 0 Å². The van der Waals surface area contributed by atoms with E-state index < -0.39 is 0 Å². The number of aromatic nitrogens is 1. The number of benzene rings is 3. The number of para-hydroxylation sites is 1. The number of nitrogens with one attached hydrogen (secondary N) is 1. The minimum Gasteiger partial charge on any atom is -0.469 e. The van der Waals surface area contributed by atoms with Crippen molar-refractivity contribution in [2.45, 2.75) is 32.4 Å². The molecule has 0 unspecified atom stereocenters. The van der Waals surface area contributed by atoms with Crippen LogP contribution < -0.4 is 0 Å². The number of aromatic amines is 1. The number of hydrogen-bond donors (Lipinski definition) is 1. The van der Waals surface area contributed by atoms with Crippen LogP contribution in [0.2, 0.25) is 0 Å². The Kier molecular flexibility index (Phi) is 7.36. The first-order chi connectivity index (χ1) is 15.7. The number of methoxy groups -OCH3 is 1. The normalized spacial score (nSPS) is 11.2. The number of nitrogens with zero attached hydrogens (tertiary/aromatic N) is 1. The smallest absolute Gasteiger partial charge is 0.311 e. The lowest BCUT2D eigenvalue weighted by Crippen LogP contribution is -2.24. The van der Waals surface area contributed by atoms with E-state index in [1.54, 1.807) is 0 Å². The number of ether oxygens (including phenoxy) is 1. The molecule has 32 heavy (non-hydrogen) atoms. The average Bonchev–Trinajstić information content (AvgIpc) is 3.17. The second-order valence-electron chi connectivity index (χ2n) is 8.17. The molecule has 0 atom stereocenters. The van der Waals surface area contributed by atoms with Crippen molar-refractivity contribution in [3.05, 3.63) is 107 Å². The minimum absolute atomic E-state index is 0.215. The Hall–Kier alpha value is -3.37. The average molecular weight is 427 g/mol. The zero-order valence-electron chi connectivity index (χ0n) is 18.6. The van der Waals surface area contributed by atoms with Crippen LogP contribution in [-0.4, -0.2) is 29.5 Å². The summed E-state index contributed by atoms with van der Waals surface area (Å²) in [6, 6.07) is 29.5. The van der Waals surface area contributed by atoms with Gasteiger partial charge in [0, 0.05) is 29.7 Å². The molecule has 0 aliphatic rings. The van der Waals surface area contributed by atoms with E-state index >= 15 is 0 Å². The maximum Gasteiger partial charge on any atom is 0.311 e. The van der Waals surface area contributed by atoms with Crippen molar-refractivity contribution in [2.24, 2.45) is 0 Å². The monoisotopic (exact) mass is 426 g/mol. The molecule has 0 saturated carbocycles. The fraction of sp³-hybridized carbons (Fsp3) is 0.250. The molecule has 0 fully saturated rings. The number of hydrogen-bond acceptors (Lipinski definition) is 3. The molecule has 0 amide bonds. The van der Waals surface area contributed by atoms with Gasteiger partial charge in [0.05, 0.1) is 13.5 Å². The van der Waals surface area contributed by atoms with Crippen LogP contribution in [0.25, 0.3) is 10.9 Å². The van der Waals surface area contributed by atoms with Crippen LogP contribution in [0.5, 0.6) is 0 Å². The molecule has 0 radical (unpaired) electrons. The molecular formula is C28H30N2O2. The van der Waals surface area contributed by atoms with Crippen LogP contribution in [-0.2, 0) is 35.5 Å². The Labute approximate surface area is 189 Å². The van der Waals surface area contributed by atoms with Gasteiger partial charge in [0.1, 0.15) is 0 Å². The highest BCUT2D eigenvalue weighted by molar-refractivity contribution is 5.86. The minimum atomic E-state index is -0.215. The van der Waals surface area contributed by atoms with Gasteiger partial charge in [0.25, 0.3) is 0 Å². The van der Waals surface area contributed by atoms with E-state index in [1.165, 1.54) is 29.2 Å². The summed E-state index contributed by atoms with van der Waals surface area (Å²) in [7, 11) is 1.44. The molecule has 1 heterocycles. The third-order valence-corrected chi connectivity index (χ3v) is 5.85. The van der Waals surface area contributed by atoms with Crippen LogP contribution in [0.15, 0.2) is 84.9 Å². The molecule has 3 aromatic carbocycles. The number of rotatable bonds is 10. The van der Waals surface area contributed by atoms with Crippen molar-refractivity contribution < 1.29 is 9.53 Å². The quantitative estimate of drug-likeness (QED) is 0.340. The molecule has 0 saturated heterocycles. The van der Waals surface area contributed by atoms with E-state index in [1.807, 2.05) is 6.07 Å². The lowest BCUT2D eigenvalue weighted by molar-refractivity contribution is -0.139. The fourth-order valence-electron chi connectivity index (χ4n) is 4.29. The van der Waals surface area contributed by atoms with Crippen LogP contribution >= 0.6 is 0 Å². The van der Waals surface area contributed by atoms with Crippen molar-refractivity contribution in [2.75, 3.05) is 13.7 Å². The summed E-state index contributed by atoms with van der Waals surface area (Å²) >= 11 is 0. The van der Waals surface area contributed by atoms with Gasteiger partial charge >= 0.3 is 5.97 Å². The zero-order valence-corrected chi connectivity index (χ0v) is 18.6. The van der Waals surface area contributed by atoms with E-state index in [2.05, 4.69) is 88.7 Å². The van der Waals surface area contributed by atoms with Gasteiger partial charge in [-0.2, -0.15) is 0 Å². The van der Waals surface area contributed by atoms with Gasteiger partial charge in [0.15, 0.2) is 0 Å². The molecule has 1 N–H and O–H groups in total. The molecule has 0 aliphatic heterocycles. The summed E-state index contributed by atoms with van der Waals surface area (Å²) in [6.07, 6.45) is 2.20. The van der Waals surface area contributed by atoms with Crippen molar-refractivity contribution >= 4 is 16.9 Å². The van der Waals surface area contributed by atoms with E-state index in [0.29, 0.717) is 0 Å². The Balaban J connectivity index is 1.49. The third-order valence-electron chi connectivity index (χ3n) is 5.85. The molecule has 1 aromatic heterocycles. The largest absolute Gasteiger partial charge is 0.469 e. The Morgan fingerprint density at radius 1 is 0.844 bits per heavy atom. The molecule has 0 bridgehead atoms. The SMILES string of the molecule is COC(=O)Cc1[nH]c2ccccc2c1CCCN(Cc1ccccc1)Cc1ccccc1. The maximum atomic E-state index is 11.9. The van der Waals surface area contributed by atoms with Crippen LogP contribution in [0.3, 0.4) is 0 Å². The number of esters is 1. The Morgan fingerprint density at radius 3 is 2.06 bits per heavy atom. The van der Waals surface area contributed by atoms with Crippen molar-refractivity contribution in [1.82, 2.24) is 9.88 Å². The fourth-order valence-corrected chi connectivity index (χ4v) is 4.29. The molecule has 4 nitrogen and oxygen atoms in total. The Morgan fingerprint density at radius 2 is 1.44 bits per heavy atom. The molecule has 4 heteroatoms. The lowest BCUT2D eigenvalue weighted by Gasteiger charge is -2.23. The second-order valence-corrected chi connectivity index (χ2v) is 8.17. The first kappa shape index (κ1) is 21.8. The van der Waals surface area contributed by atoms with Crippen molar-refractivity contribution in [3.63, 3.8) is 0 Å².